The van der Waals surface area contributed by atoms with Crippen molar-refractivity contribution in [1.82, 2.24) is 0 Å². The third kappa shape index (κ3) is 2.32. The van der Waals surface area contributed by atoms with Crippen molar-refractivity contribution in [2.45, 2.75) is 25.0 Å². The van der Waals surface area contributed by atoms with Gasteiger partial charge in [0.1, 0.15) is 0 Å². The first kappa shape index (κ1) is 15.3. The summed E-state index contributed by atoms with van der Waals surface area (Å²) in [5.74, 6) is 1.03. The minimum Gasteiger partial charge on any atom is -0.392 e. The first-order valence-electron chi connectivity index (χ1n) is 7.45. The van der Waals surface area contributed by atoms with Crippen LogP contribution in [0.25, 0.3) is 0 Å². The van der Waals surface area contributed by atoms with Gasteiger partial charge < -0.3 is 10.2 Å². The Morgan fingerprint density at radius 1 is 0.650 bits per heavy atom. The number of rotatable bonds is 5. The molecule has 0 bridgehead atoms. The van der Waals surface area contributed by atoms with E-state index in [1.165, 1.54) is 0 Å². The van der Waals surface area contributed by atoms with Gasteiger partial charge in [-0.1, -0.05) is 24.3 Å². The van der Waals surface area contributed by atoms with Crippen molar-refractivity contribution >= 4 is 0 Å². The molecule has 110 valence electrons. The first-order chi connectivity index (χ1) is 9.58. The van der Waals surface area contributed by atoms with E-state index in [2.05, 4.69) is 26.3 Å². The molecule has 2 nitrogen and oxygen atoms in total. The van der Waals surface area contributed by atoms with E-state index in [0.29, 0.717) is 11.8 Å². The van der Waals surface area contributed by atoms with Crippen molar-refractivity contribution in [2.75, 3.05) is 0 Å². The Kier molecular flexibility index (Phi) is 4.66. The molecule has 2 rings (SSSR count). The van der Waals surface area contributed by atoms with Crippen molar-refractivity contribution in [3.05, 3.63) is 50.6 Å². The molecule has 0 aliphatic heterocycles. The molecule has 0 radical (unpaired) electrons. The standard InChI is InChI=1S/C18H26O2/c1-5-11-9-15(13(7-3)17(11)19)16-10-12(6-2)18(20)14(16)8-4/h5-8,11-20H,1-4,9-10H2/t11-,12-,13+,14+,15?,16?,17+,18+/m1/s1. The number of hydrogen-bond donors (Lipinski definition) is 2. The third-order valence-corrected chi connectivity index (χ3v) is 5.44. The molecular weight excluding hydrogens is 248 g/mol. The minimum atomic E-state index is -0.402. The number of aliphatic hydroxyl groups excluding tert-OH is 2. The minimum absolute atomic E-state index is 0.0706. The summed E-state index contributed by atoms with van der Waals surface area (Å²) in [5.41, 5.74) is 0. The lowest BCUT2D eigenvalue weighted by molar-refractivity contribution is 0.0918. The molecule has 0 aromatic rings. The van der Waals surface area contributed by atoms with Gasteiger partial charge in [0.2, 0.25) is 0 Å². The van der Waals surface area contributed by atoms with Crippen LogP contribution >= 0.6 is 0 Å². The average molecular weight is 274 g/mol. The highest BCUT2D eigenvalue weighted by Crippen LogP contribution is 2.51. The zero-order valence-corrected chi connectivity index (χ0v) is 12.1. The molecule has 2 aliphatic carbocycles. The molecular formula is C18H26O2. The number of aliphatic hydroxyl groups is 2. The van der Waals surface area contributed by atoms with E-state index in [9.17, 15) is 10.2 Å². The monoisotopic (exact) mass is 274 g/mol. The van der Waals surface area contributed by atoms with E-state index in [1.807, 2.05) is 24.3 Å². The molecule has 0 spiro atoms. The quantitative estimate of drug-likeness (QED) is 0.757. The Morgan fingerprint density at radius 3 is 1.25 bits per heavy atom. The summed E-state index contributed by atoms with van der Waals surface area (Å²) >= 11 is 0. The van der Waals surface area contributed by atoms with Gasteiger partial charge in [-0.3, -0.25) is 0 Å². The van der Waals surface area contributed by atoms with Crippen molar-refractivity contribution in [1.29, 1.82) is 0 Å². The van der Waals surface area contributed by atoms with Crippen LogP contribution in [0, 0.1) is 35.5 Å². The van der Waals surface area contributed by atoms with E-state index >= 15 is 0 Å². The lowest BCUT2D eigenvalue weighted by atomic mass is 9.77. The smallest absolute Gasteiger partial charge is 0.0667 e. The van der Waals surface area contributed by atoms with E-state index in [1.54, 1.807) is 0 Å². The van der Waals surface area contributed by atoms with Crippen molar-refractivity contribution in [3.63, 3.8) is 0 Å². The molecule has 0 amide bonds. The molecule has 2 heteroatoms. The lowest BCUT2D eigenvalue weighted by Gasteiger charge is -2.28. The molecule has 2 saturated carbocycles. The van der Waals surface area contributed by atoms with Gasteiger partial charge >= 0.3 is 0 Å². The summed E-state index contributed by atoms with van der Waals surface area (Å²) in [7, 11) is 0. The second kappa shape index (κ2) is 6.11. The molecule has 0 aromatic carbocycles. The summed E-state index contributed by atoms with van der Waals surface area (Å²) in [4.78, 5) is 0. The second-order valence-electron chi connectivity index (χ2n) is 6.21. The fourth-order valence-electron chi connectivity index (χ4n) is 4.32. The fraction of sp³-hybridized carbons (Fsp3) is 0.556. The normalized spacial score (nSPS) is 47.9. The predicted octanol–water partition coefficient (Wildman–Crippen LogP) is 2.96. The average Bonchev–Trinajstić information content (AvgIpc) is 2.95. The van der Waals surface area contributed by atoms with Gasteiger partial charge in [0, 0.05) is 23.7 Å². The van der Waals surface area contributed by atoms with Crippen LogP contribution in [0.15, 0.2) is 50.6 Å². The van der Waals surface area contributed by atoms with Crippen molar-refractivity contribution in [3.8, 4) is 0 Å². The van der Waals surface area contributed by atoms with Gasteiger partial charge in [0.05, 0.1) is 12.2 Å². The molecule has 20 heavy (non-hydrogen) atoms. The maximum atomic E-state index is 10.4. The van der Waals surface area contributed by atoms with Crippen molar-refractivity contribution < 1.29 is 10.2 Å². The summed E-state index contributed by atoms with van der Waals surface area (Å²) < 4.78 is 0. The lowest BCUT2D eigenvalue weighted by Crippen LogP contribution is -2.28. The van der Waals surface area contributed by atoms with Gasteiger partial charge in [-0.15, -0.1) is 26.3 Å². The Balaban J connectivity index is 2.25. The SMILES string of the molecule is C=C[C@@H]1CC(C2C[C@@H](C=C)[C@H](O)[C@H]2C=C)[C@H](C=C)[C@H]1O. The van der Waals surface area contributed by atoms with Crippen LogP contribution in [0.3, 0.4) is 0 Å². The maximum Gasteiger partial charge on any atom is 0.0667 e. The zero-order valence-electron chi connectivity index (χ0n) is 12.1. The highest BCUT2D eigenvalue weighted by Gasteiger charge is 2.49. The predicted molar refractivity (Wildman–Crippen MR) is 83.0 cm³/mol. The molecule has 2 fully saturated rings. The van der Waals surface area contributed by atoms with Gasteiger partial charge in [-0.25, -0.2) is 0 Å². The van der Waals surface area contributed by atoms with Gasteiger partial charge in [0.25, 0.3) is 0 Å². The highest BCUT2D eigenvalue weighted by molar-refractivity contribution is 5.12. The Bertz CT molecular complexity index is 362. The summed E-state index contributed by atoms with van der Waals surface area (Å²) in [6, 6.07) is 0. The van der Waals surface area contributed by atoms with E-state index in [-0.39, 0.29) is 23.7 Å². The molecule has 2 aliphatic rings. The molecule has 0 heterocycles. The van der Waals surface area contributed by atoms with E-state index < -0.39 is 12.2 Å². The zero-order chi connectivity index (χ0) is 14.9. The number of hydrogen-bond acceptors (Lipinski definition) is 2. The first-order valence-corrected chi connectivity index (χ1v) is 7.45. The largest absolute Gasteiger partial charge is 0.392 e. The molecule has 0 aromatic heterocycles. The molecule has 0 saturated heterocycles. The molecule has 8 atom stereocenters. The topological polar surface area (TPSA) is 40.5 Å². The van der Waals surface area contributed by atoms with Crippen LogP contribution in [0.5, 0.6) is 0 Å². The Hall–Kier alpha value is -1.12. The van der Waals surface area contributed by atoms with E-state index in [0.717, 1.165) is 12.8 Å². The van der Waals surface area contributed by atoms with Gasteiger partial charge in [-0.2, -0.15) is 0 Å². The fourth-order valence-corrected chi connectivity index (χ4v) is 4.32. The molecule has 2 N–H and O–H groups in total. The van der Waals surface area contributed by atoms with Crippen LogP contribution in [0.1, 0.15) is 12.8 Å². The van der Waals surface area contributed by atoms with Crippen LogP contribution in [-0.2, 0) is 0 Å². The third-order valence-electron chi connectivity index (χ3n) is 5.44. The van der Waals surface area contributed by atoms with Crippen LogP contribution in [-0.4, -0.2) is 22.4 Å². The second-order valence-corrected chi connectivity index (χ2v) is 6.21. The van der Waals surface area contributed by atoms with E-state index in [4.69, 9.17) is 0 Å². The highest BCUT2D eigenvalue weighted by atomic mass is 16.3. The summed E-state index contributed by atoms with van der Waals surface area (Å²) in [6.07, 6.45) is 8.45. The van der Waals surface area contributed by atoms with Gasteiger partial charge in [-0.05, 0) is 24.7 Å². The molecule has 2 unspecified atom stereocenters. The van der Waals surface area contributed by atoms with Crippen LogP contribution < -0.4 is 0 Å². The Morgan fingerprint density at radius 2 is 1.00 bits per heavy atom. The summed E-state index contributed by atoms with van der Waals surface area (Å²) in [5, 5.41) is 20.8. The van der Waals surface area contributed by atoms with Crippen LogP contribution in [0.2, 0.25) is 0 Å². The maximum absolute atomic E-state index is 10.4. The Labute approximate surface area is 122 Å². The van der Waals surface area contributed by atoms with Crippen LogP contribution in [0.4, 0.5) is 0 Å². The van der Waals surface area contributed by atoms with Crippen molar-refractivity contribution in [2.24, 2.45) is 35.5 Å². The van der Waals surface area contributed by atoms with Gasteiger partial charge in [0.15, 0.2) is 0 Å². The summed E-state index contributed by atoms with van der Waals surface area (Å²) in [6.45, 7) is 15.4.